The number of aliphatic hydroxyl groups excluding tert-OH is 1. The number of nitrogens with two attached hydrogens (primary N) is 1. The smallest absolute Gasteiger partial charge is 0.254 e. The average Bonchev–Trinajstić information content (AvgIpc) is 3.10. The Bertz CT molecular complexity index is 1050. The molecule has 0 aliphatic carbocycles. The average molecular weight is 416 g/mol. The van der Waals surface area contributed by atoms with Crippen molar-refractivity contribution in [3.05, 3.63) is 81.7 Å². The normalized spacial score (nSPS) is 10.7. The van der Waals surface area contributed by atoms with Gasteiger partial charge in [-0.25, -0.2) is 13.8 Å². The number of primary amides is 1. The van der Waals surface area contributed by atoms with Crippen LogP contribution in [0.15, 0.2) is 49.1 Å². The van der Waals surface area contributed by atoms with Crippen molar-refractivity contribution in [2.45, 2.75) is 19.6 Å². The molecule has 0 bridgehead atoms. The van der Waals surface area contributed by atoms with Gasteiger partial charge in [0.25, 0.3) is 5.91 Å². The Balaban J connectivity index is 1.86. The van der Waals surface area contributed by atoms with Crippen molar-refractivity contribution in [2.24, 2.45) is 5.73 Å². The Kier molecular flexibility index (Phi) is 6.36. The van der Waals surface area contributed by atoms with Crippen LogP contribution in [-0.4, -0.2) is 16.0 Å². The van der Waals surface area contributed by atoms with E-state index in [1.54, 1.807) is 6.08 Å². The molecule has 0 aliphatic rings. The van der Waals surface area contributed by atoms with E-state index in [0.29, 0.717) is 11.4 Å². The van der Waals surface area contributed by atoms with Gasteiger partial charge in [0.2, 0.25) is 0 Å². The lowest BCUT2D eigenvalue weighted by Crippen LogP contribution is -2.16. The zero-order valence-corrected chi connectivity index (χ0v) is 16.1. The van der Waals surface area contributed by atoms with Crippen molar-refractivity contribution in [1.82, 2.24) is 4.98 Å². The molecule has 1 aromatic heterocycles. The molecule has 0 spiro atoms. The van der Waals surface area contributed by atoms with Crippen LogP contribution in [0.3, 0.4) is 0 Å². The highest BCUT2D eigenvalue weighted by molar-refractivity contribution is 7.12. The molecule has 0 saturated carbocycles. The summed E-state index contributed by atoms with van der Waals surface area (Å²) in [7, 11) is 0. The zero-order chi connectivity index (χ0) is 21.0. The van der Waals surface area contributed by atoms with Crippen LogP contribution in [-0.2, 0) is 19.6 Å². The van der Waals surface area contributed by atoms with Crippen LogP contribution in [0.4, 0.5) is 8.78 Å². The quantitative estimate of drug-likeness (QED) is 0.544. The van der Waals surface area contributed by atoms with Crippen LogP contribution in [0, 0.1) is 11.6 Å². The summed E-state index contributed by atoms with van der Waals surface area (Å²) in [6.45, 7) is 3.64. The van der Waals surface area contributed by atoms with Gasteiger partial charge >= 0.3 is 0 Å². The molecule has 0 fully saturated rings. The number of thiazole rings is 1. The fourth-order valence-corrected chi connectivity index (χ4v) is 3.74. The standard InChI is InChI=1S/C21H18F2N2O3S/c1-2-3-16-20(13-6-4-12(10-26)5-7-13)25-17(29-16)11-28-15-9-8-14(22)18(19(15)23)21(24)27/h2,4-9,26H,1,3,10-11H2,(H2,24,27). The van der Waals surface area contributed by atoms with E-state index in [0.717, 1.165) is 33.8 Å². The minimum absolute atomic E-state index is 0.0491. The maximum Gasteiger partial charge on any atom is 0.254 e. The number of aliphatic hydroxyl groups is 1. The van der Waals surface area contributed by atoms with Crippen LogP contribution in [0.25, 0.3) is 11.3 Å². The van der Waals surface area contributed by atoms with Crippen LogP contribution >= 0.6 is 11.3 Å². The molecule has 2 aromatic carbocycles. The Morgan fingerprint density at radius 3 is 2.59 bits per heavy atom. The number of nitrogens with zero attached hydrogens (tertiary/aromatic N) is 1. The number of halogens is 2. The van der Waals surface area contributed by atoms with Crippen molar-refractivity contribution in [3.8, 4) is 17.0 Å². The van der Waals surface area contributed by atoms with Gasteiger partial charge in [-0.15, -0.1) is 17.9 Å². The number of hydrogen-bond acceptors (Lipinski definition) is 5. The monoisotopic (exact) mass is 416 g/mol. The SMILES string of the molecule is C=CCc1sc(COc2ccc(F)c(C(N)=O)c2F)nc1-c1ccc(CO)cc1. The van der Waals surface area contributed by atoms with Gasteiger partial charge in [-0.05, 0) is 17.7 Å². The maximum atomic E-state index is 14.3. The number of allylic oxidation sites excluding steroid dienone is 1. The van der Waals surface area contributed by atoms with Gasteiger partial charge in [0.1, 0.15) is 23.0 Å². The number of carbonyl (C=O) groups excluding carboxylic acids is 1. The second-order valence-electron chi connectivity index (χ2n) is 6.11. The van der Waals surface area contributed by atoms with E-state index in [1.807, 2.05) is 24.3 Å². The predicted octanol–water partition coefficient (Wildman–Crippen LogP) is 3.99. The summed E-state index contributed by atoms with van der Waals surface area (Å²) in [5.74, 6) is -3.67. The summed E-state index contributed by atoms with van der Waals surface area (Å²) >= 11 is 1.38. The van der Waals surface area contributed by atoms with Gasteiger partial charge in [-0.2, -0.15) is 0 Å². The first-order valence-electron chi connectivity index (χ1n) is 8.64. The molecular formula is C21H18F2N2O3S. The van der Waals surface area contributed by atoms with Crippen molar-refractivity contribution in [2.75, 3.05) is 0 Å². The van der Waals surface area contributed by atoms with E-state index < -0.39 is 23.1 Å². The Morgan fingerprint density at radius 2 is 1.97 bits per heavy atom. The highest BCUT2D eigenvalue weighted by Gasteiger charge is 2.20. The summed E-state index contributed by atoms with van der Waals surface area (Å²) in [6, 6.07) is 9.36. The lowest BCUT2D eigenvalue weighted by atomic mass is 10.1. The number of amides is 1. The van der Waals surface area contributed by atoms with E-state index >= 15 is 0 Å². The number of carbonyl (C=O) groups is 1. The van der Waals surface area contributed by atoms with Crippen molar-refractivity contribution < 1.29 is 23.4 Å². The van der Waals surface area contributed by atoms with Crippen LogP contribution in [0.5, 0.6) is 5.75 Å². The second kappa shape index (κ2) is 8.93. The van der Waals surface area contributed by atoms with Gasteiger partial charge < -0.3 is 15.6 Å². The molecule has 1 amide bonds. The molecule has 5 nitrogen and oxygen atoms in total. The van der Waals surface area contributed by atoms with Gasteiger partial charge in [0.05, 0.1) is 12.3 Å². The largest absolute Gasteiger partial charge is 0.483 e. The number of aromatic nitrogens is 1. The zero-order valence-electron chi connectivity index (χ0n) is 15.3. The fraction of sp³-hybridized carbons (Fsp3) is 0.143. The second-order valence-corrected chi connectivity index (χ2v) is 7.28. The topological polar surface area (TPSA) is 85.4 Å². The summed E-state index contributed by atoms with van der Waals surface area (Å²) in [5.41, 5.74) is 6.59. The summed E-state index contributed by atoms with van der Waals surface area (Å²) in [4.78, 5) is 16.8. The van der Waals surface area contributed by atoms with Crippen molar-refractivity contribution in [3.63, 3.8) is 0 Å². The molecule has 0 radical (unpaired) electrons. The molecule has 8 heteroatoms. The van der Waals surface area contributed by atoms with Crippen molar-refractivity contribution >= 4 is 17.2 Å². The van der Waals surface area contributed by atoms with Gasteiger partial charge in [0, 0.05) is 16.9 Å². The molecule has 150 valence electrons. The summed E-state index contributed by atoms with van der Waals surface area (Å²) < 4.78 is 33.3. The summed E-state index contributed by atoms with van der Waals surface area (Å²) in [5, 5.41) is 9.76. The Labute approximate surface area is 170 Å². The molecule has 3 aromatic rings. The van der Waals surface area contributed by atoms with Crippen LogP contribution < -0.4 is 10.5 Å². The molecular weight excluding hydrogens is 398 g/mol. The third kappa shape index (κ3) is 4.49. The molecule has 0 aliphatic heterocycles. The Hall–Kier alpha value is -3.10. The minimum Gasteiger partial charge on any atom is -0.483 e. The molecule has 29 heavy (non-hydrogen) atoms. The lowest BCUT2D eigenvalue weighted by Gasteiger charge is -2.08. The highest BCUT2D eigenvalue weighted by Crippen LogP contribution is 2.31. The number of ether oxygens (including phenoxy) is 1. The molecule has 3 rings (SSSR count). The number of rotatable bonds is 8. The van der Waals surface area contributed by atoms with E-state index in [-0.39, 0.29) is 19.0 Å². The van der Waals surface area contributed by atoms with Gasteiger partial charge in [-0.3, -0.25) is 4.79 Å². The maximum absolute atomic E-state index is 14.3. The van der Waals surface area contributed by atoms with Crippen LogP contribution in [0.1, 0.15) is 25.8 Å². The predicted molar refractivity (Wildman–Crippen MR) is 107 cm³/mol. The van der Waals surface area contributed by atoms with Crippen LogP contribution in [0.2, 0.25) is 0 Å². The minimum atomic E-state index is -1.21. The van der Waals surface area contributed by atoms with Crippen molar-refractivity contribution in [1.29, 1.82) is 0 Å². The third-order valence-electron chi connectivity index (χ3n) is 4.13. The van der Waals surface area contributed by atoms with E-state index in [9.17, 15) is 18.7 Å². The summed E-state index contributed by atoms with van der Waals surface area (Å²) in [6.07, 6.45) is 2.34. The lowest BCUT2D eigenvalue weighted by molar-refractivity contribution is 0.0991. The Morgan fingerprint density at radius 1 is 1.24 bits per heavy atom. The first-order valence-corrected chi connectivity index (χ1v) is 9.46. The van der Waals surface area contributed by atoms with E-state index in [2.05, 4.69) is 11.6 Å². The van der Waals surface area contributed by atoms with Gasteiger partial charge in [-0.1, -0.05) is 30.3 Å². The third-order valence-corrected chi connectivity index (χ3v) is 5.19. The molecule has 0 saturated heterocycles. The molecule has 1 heterocycles. The van der Waals surface area contributed by atoms with E-state index in [4.69, 9.17) is 10.5 Å². The number of benzene rings is 2. The van der Waals surface area contributed by atoms with E-state index in [1.165, 1.54) is 11.3 Å². The first kappa shape index (κ1) is 20.6. The molecule has 3 N–H and O–H groups in total. The fourth-order valence-electron chi connectivity index (χ4n) is 2.74. The number of hydrogen-bond donors (Lipinski definition) is 2. The molecule has 0 atom stereocenters. The first-order chi connectivity index (χ1) is 13.9. The highest BCUT2D eigenvalue weighted by atomic mass is 32.1. The van der Waals surface area contributed by atoms with Gasteiger partial charge in [0.15, 0.2) is 11.6 Å². The molecule has 0 unspecified atom stereocenters.